The number of rotatable bonds is 2. The van der Waals surface area contributed by atoms with E-state index >= 15 is 0 Å². The molecule has 0 fully saturated rings. The topological polar surface area (TPSA) is 55.1 Å². The molecular weight excluding hydrogens is 389 g/mol. The summed E-state index contributed by atoms with van der Waals surface area (Å²) in [6.07, 6.45) is 0. The van der Waals surface area contributed by atoms with E-state index in [4.69, 9.17) is 28.9 Å². The Kier molecular flexibility index (Phi) is 4.70. The average molecular weight is 396 g/mol. The van der Waals surface area contributed by atoms with E-state index in [0.717, 1.165) is 6.07 Å². The molecule has 0 radical (unpaired) electrons. The first-order valence-electron chi connectivity index (χ1n) is 5.50. The van der Waals surface area contributed by atoms with Crippen molar-refractivity contribution in [1.29, 1.82) is 0 Å². The fourth-order valence-corrected chi connectivity index (χ4v) is 2.90. The summed E-state index contributed by atoms with van der Waals surface area (Å²) in [5.74, 6) is -3.07. The van der Waals surface area contributed by atoms with Crippen LogP contribution in [0.1, 0.15) is 10.4 Å². The zero-order chi connectivity index (χ0) is 15.7. The zero-order valence-electron chi connectivity index (χ0n) is 10.2. The van der Waals surface area contributed by atoms with Crippen LogP contribution in [-0.4, -0.2) is 5.91 Å². The molecule has 8 heteroatoms. The fraction of sp³-hybridized carbons (Fsp3) is 0. The van der Waals surface area contributed by atoms with Crippen LogP contribution in [0, 0.1) is 11.6 Å². The summed E-state index contributed by atoms with van der Waals surface area (Å²) in [4.78, 5) is 12.1. The third-order valence-corrected chi connectivity index (χ3v) is 3.64. The third-order valence-electron chi connectivity index (χ3n) is 2.58. The number of nitrogen functional groups attached to an aromatic ring is 1. The number of anilines is 2. The zero-order valence-corrected chi connectivity index (χ0v) is 13.3. The monoisotopic (exact) mass is 394 g/mol. The molecule has 0 saturated carbocycles. The van der Waals surface area contributed by atoms with Gasteiger partial charge in [0.25, 0.3) is 5.91 Å². The molecule has 0 bridgehead atoms. The van der Waals surface area contributed by atoms with Crippen molar-refractivity contribution in [2.75, 3.05) is 11.1 Å². The van der Waals surface area contributed by atoms with E-state index < -0.39 is 17.5 Å². The summed E-state index contributed by atoms with van der Waals surface area (Å²) >= 11 is 15.1. The molecule has 21 heavy (non-hydrogen) atoms. The molecule has 3 nitrogen and oxygen atoms in total. The van der Waals surface area contributed by atoms with E-state index in [9.17, 15) is 13.6 Å². The molecule has 0 aromatic heterocycles. The Hall–Kier alpha value is -1.37. The van der Waals surface area contributed by atoms with Gasteiger partial charge in [-0.15, -0.1) is 0 Å². The van der Waals surface area contributed by atoms with Crippen LogP contribution in [0.2, 0.25) is 10.0 Å². The van der Waals surface area contributed by atoms with Crippen molar-refractivity contribution in [3.63, 3.8) is 0 Å². The van der Waals surface area contributed by atoms with Crippen molar-refractivity contribution in [2.45, 2.75) is 0 Å². The van der Waals surface area contributed by atoms with Gasteiger partial charge < -0.3 is 11.1 Å². The fourth-order valence-electron chi connectivity index (χ4n) is 1.60. The van der Waals surface area contributed by atoms with Crippen molar-refractivity contribution in [1.82, 2.24) is 0 Å². The minimum absolute atomic E-state index is 0.149. The van der Waals surface area contributed by atoms with Gasteiger partial charge in [-0.25, -0.2) is 8.78 Å². The Balaban J connectivity index is 2.37. The molecule has 2 aromatic rings. The van der Waals surface area contributed by atoms with Gasteiger partial charge in [-0.3, -0.25) is 4.79 Å². The summed E-state index contributed by atoms with van der Waals surface area (Å²) in [6, 6.07) is 4.49. The lowest BCUT2D eigenvalue weighted by atomic mass is 10.1. The van der Waals surface area contributed by atoms with Gasteiger partial charge in [0.2, 0.25) is 0 Å². The predicted octanol–water partition coefficient (Wildman–Crippen LogP) is 4.87. The first kappa shape index (κ1) is 16.0. The molecule has 0 aliphatic carbocycles. The number of benzene rings is 2. The van der Waals surface area contributed by atoms with Crippen LogP contribution in [0.15, 0.2) is 28.7 Å². The largest absolute Gasteiger partial charge is 0.398 e. The molecule has 0 spiro atoms. The van der Waals surface area contributed by atoms with Crippen molar-refractivity contribution in [2.24, 2.45) is 0 Å². The number of nitrogens with one attached hydrogen (secondary N) is 1. The molecule has 1 amide bonds. The van der Waals surface area contributed by atoms with Crippen molar-refractivity contribution < 1.29 is 13.6 Å². The highest BCUT2D eigenvalue weighted by Gasteiger charge is 2.17. The number of amides is 1. The van der Waals surface area contributed by atoms with Gasteiger partial charge >= 0.3 is 0 Å². The predicted molar refractivity (Wildman–Crippen MR) is 82.9 cm³/mol. The maximum Gasteiger partial charge on any atom is 0.257 e. The van der Waals surface area contributed by atoms with E-state index in [0.29, 0.717) is 10.5 Å². The highest BCUT2D eigenvalue weighted by molar-refractivity contribution is 9.10. The summed E-state index contributed by atoms with van der Waals surface area (Å²) in [5, 5.41) is 2.79. The summed E-state index contributed by atoms with van der Waals surface area (Å²) in [6.45, 7) is 0. The molecular formula is C13H7BrCl2F2N2O. The van der Waals surface area contributed by atoms with Crippen LogP contribution in [0.3, 0.4) is 0 Å². The molecule has 0 unspecified atom stereocenters. The van der Waals surface area contributed by atoms with Crippen molar-refractivity contribution in [3.8, 4) is 0 Å². The van der Waals surface area contributed by atoms with Gasteiger partial charge in [-0.1, -0.05) is 39.1 Å². The molecule has 0 saturated heterocycles. The first-order chi connectivity index (χ1) is 9.79. The molecule has 3 N–H and O–H groups in total. The van der Waals surface area contributed by atoms with Gasteiger partial charge in [0, 0.05) is 16.2 Å². The Morgan fingerprint density at radius 2 is 1.62 bits per heavy atom. The van der Waals surface area contributed by atoms with Gasteiger partial charge in [-0.05, 0) is 18.2 Å². The summed E-state index contributed by atoms with van der Waals surface area (Å²) < 4.78 is 26.8. The molecule has 110 valence electrons. The highest BCUT2D eigenvalue weighted by Crippen LogP contribution is 2.34. The van der Waals surface area contributed by atoms with Crippen LogP contribution in [0.5, 0.6) is 0 Å². The maximum atomic E-state index is 13.2. The Bertz CT molecular complexity index is 717. The van der Waals surface area contributed by atoms with Crippen LogP contribution in [-0.2, 0) is 0 Å². The highest BCUT2D eigenvalue weighted by atomic mass is 79.9. The Labute approximate surface area is 137 Å². The summed E-state index contributed by atoms with van der Waals surface area (Å²) in [5.41, 5.74) is 5.24. The molecule has 0 aliphatic rings. The standard InChI is InChI=1S/C13H7BrCl2F2N2O/c14-5-1-7(15)12(8(16)2-5)20-13(21)6-3-9(17)10(18)4-11(6)19/h1-4H,19H2,(H,20,21). The van der Waals surface area contributed by atoms with Crippen molar-refractivity contribution >= 4 is 56.4 Å². The van der Waals surface area contributed by atoms with Gasteiger partial charge in [0.15, 0.2) is 11.6 Å². The number of hydrogen-bond acceptors (Lipinski definition) is 2. The normalized spacial score (nSPS) is 10.5. The van der Waals surface area contributed by atoms with E-state index in [1.54, 1.807) is 0 Å². The second kappa shape index (κ2) is 6.17. The van der Waals surface area contributed by atoms with Crippen LogP contribution in [0.25, 0.3) is 0 Å². The Morgan fingerprint density at radius 1 is 1.10 bits per heavy atom. The molecule has 2 rings (SSSR count). The minimum Gasteiger partial charge on any atom is -0.398 e. The van der Waals surface area contributed by atoms with Crippen LogP contribution < -0.4 is 11.1 Å². The first-order valence-corrected chi connectivity index (χ1v) is 7.05. The lowest BCUT2D eigenvalue weighted by molar-refractivity contribution is 0.102. The third kappa shape index (κ3) is 3.45. The minimum atomic E-state index is -1.18. The SMILES string of the molecule is Nc1cc(F)c(F)cc1C(=O)Nc1c(Cl)cc(Br)cc1Cl. The van der Waals surface area contributed by atoms with E-state index in [-0.39, 0.29) is 27.0 Å². The second-order valence-electron chi connectivity index (χ2n) is 4.05. The summed E-state index contributed by atoms with van der Waals surface area (Å²) in [7, 11) is 0. The number of carbonyl (C=O) groups excluding carboxylic acids is 1. The van der Waals surface area contributed by atoms with E-state index in [1.807, 2.05) is 0 Å². The number of carbonyl (C=O) groups is 1. The number of nitrogens with two attached hydrogens (primary N) is 1. The number of hydrogen-bond donors (Lipinski definition) is 2. The maximum absolute atomic E-state index is 13.2. The Morgan fingerprint density at radius 3 is 2.19 bits per heavy atom. The van der Waals surface area contributed by atoms with Crippen molar-refractivity contribution in [3.05, 3.63) is 56.0 Å². The molecule has 0 atom stereocenters. The number of halogens is 5. The van der Waals surface area contributed by atoms with Gasteiger partial charge in [0.1, 0.15) is 0 Å². The molecule has 0 heterocycles. The lowest BCUT2D eigenvalue weighted by Gasteiger charge is -2.11. The average Bonchev–Trinajstić information content (AvgIpc) is 2.37. The van der Waals surface area contributed by atoms with Gasteiger partial charge in [0.05, 0.1) is 21.3 Å². The second-order valence-corrected chi connectivity index (χ2v) is 5.78. The van der Waals surface area contributed by atoms with E-state index in [1.165, 1.54) is 12.1 Å². The smallest absolute Gasteiger partial charge is 0.257 e. The molecule has 2 aromatic carbocycles. The van der Waals surface area contributed by atoms with Crippen LogP contribution >= 0.6 is 39.1 Å². The van der Waals surface area contributed by atoms with Crippen LogP contribution in [0.4, 0.5) is 20.2 Å². The van der Waals surface area contributed by atoms with Gasteiger partial charge in [-0.2, -0.15) is 0 Å². The van der Waals surface area contributed by atoms with E-state index in [2.05, 4.69) is 21.2 Å². The lowest BCUT2D eigenvalue weighted by Crippen LogP contribution is -2.15. The quantitative estimate of drug-likeness (QED) is 0.712. The molecule has 0 aliphatic heterocycles.